The lowest BCUT2D eigenvalue weighted by Crippen LogP contribution is -2.53. The van der Waals surface area contributed by atoms with E-state index in [1.807, 2.05) is 20.0 Å². The van der Waals surface area contributed by atoms with E-state index in [1.165, 1.54) is 0 Å². The van der Waals surface area contributed by atoms with Crippen molar-refractivity contribution >= 4 is 30.6 Å². The van der Waals surface area contributed by atoms with E-state index in [0.29, 0.717) is 0 Å². The van der Waals surface area contributed by atoms with E-state index >= 15 is 0 Å². The molecule has 6 nitrogen and oxygen atoms in total. The highest BCUT2D eigenvalue weighted by Gasteiger charge is 2.34. The first-order chi connectivity index (χ1) is 10.1. The second kappa shape index (κ2) is 8.44. The monoisotopic (exact) mass is 363 g/mol. The van der Waals surface area contributed by atoms with Crippen molar-refractivity contribution in [2.24, 2.45) is 0 Å². The van der Waals surface area contributed by atoms with Crippen molar-refractivity contribution in [1.29, 1.82) is 0 Å². The summed E-state index contributed by atoms with van der Waals surface area (Å²) in [5.41, 5.74) is 1.42. The molecule has 1 aromatic rings. The Bertz CT molecular complexity index is 503. The van der Waals surface area contributed by atoms with Crippen LogP contribution in [0.1, 0.15) is 17.8 Å². The van der Waals surface area contributed by atoms with Gasteiger partial charge in [-0.2, -0.15) is 0 Å². The van der Waals surface area contributed by atoms with E-state index in [0.717, 1.165) is 69.4 Å². The molecule has 8 heteroatoms. The van der Waals surface area contributed by atoms with Crippen molar-refractivity contribution < 1.29 is 5.11 Å². The summed E-state index contributed by atoms with van der Waals surface area (Å²) in [7, 11) is 0. The molecule has 0 spiro atoms. The Hall–Kier alpha value is -0.660. The maximum atomic E-state index is 10.5. The molecule has 0 saturated carbocycles. The molecule has 2 N–H and O–H groups in total. The standard InChI is InChI=1S/C15H25N5O.2ClH/c1-12-9-17-13(2)14(18-12)20-7-5-19(6-8-20)11-15(21)3-4-16-10-15;;/h9,16,21H,3-8,10-11H2,1-2H3;2*1H. The van der Waals surface area contributed by atoms with Crippen LogP contribution in [0.5, 0.6) is 0 Å². The minimum absolute atomic E-state index is 0. The van der Waals surface area contributed by atoms with E-state index in [2.05, 4.69) is 25.1 Å². The van der Waals surface area contributed by atoms with Gasteiger partial charge >= 0.3 is 0 Å². The molecule has 0 amide bonds. The van der Waals surface area contributed by atoms with Crippen LogP contribution in [0, 0.1) is 13.8 Å². The molecule has 23 heavy (non-hydrogen) atoms. The first-order valence-corrected chi connectivity index (χ1v) is 7.76. The summed E-state index contributed by atoms with van der Waals surface area (Å²) in [4.78, 5) is 13.7. The van der Waals surface area contributed by atoms with Gasteiger partial charge in [0.25, 0.3) is 0 Å². The van der Waals surface area contributed by atoms with E-state index in [4.69, 9.17) is 0 Å². The number of hydrogen-bond donors (Lipinski definition) is 2. The lowest BCUT2D eigenvalue weighted by molar-refractivity contribution is 0.0193. The number of nitrogens with zero attached hydrogens (tertiary/aromatic N) is 4. The molecular weight excluding hydrogens is 337 g/mol. The summed E-state index contributed by atoms with van der Waals surface area (Å²) in [6, 6.07) is 0. The normalized spacial score (nSPS) is 24.9. The fourth-order valence-electron chi connectivity index (χ4n) is 3.22. The molecule has 2 saturated heterocycles. The highest BCUT2D eigenvalue weighted by atomic mass is 35.5. The van der Waals surface area contributed by atoms with Crippen molar-refractivity contribution in [3.8, 4) is 0 Å². The molecule has 3 rings (SSSR count). The van der Waals surface area contributed by atoms with E-state index in [9.17, 15) is 5.11 Å². The summed E-state index contributed by atoms with van der Waals surface area (Å²) in [5, 5.41) is 13.7. The number of aryl methyl sites for hydroxylation is 2. The Balaban J connectivity index is 0.00000132. The Morgan fingerprint density at radius 3 is 2.52 bits per heavy atom. The van der Waals surface area contributed by atoms with Crippen molar-refractivity contribution in [2.75, 3.05) is 50.7 Å². The predicted molar refractivity (Wildman–Crippen MR) is 97.1 cm³/mol. The number of β-amino-alcohol motifs (C(OH)–C–C–N with tert-alkyl or cyclic N) is 1. The first-order valence-electron chi connectivity index (χ1n) is 7.76. The second-order valence-corrected chi connectivity index (χ2v) is 6.33. The van der Waals surface area contributed by atoms with Crippen LogP contribution in [0.25, 0.3) is 0 Å². The van der Waals surface area contributed by atoms with Crippen LogP contribution < -0.4 is 10.2 Å². The fraction of sp³-hybridized carbons (Fsp3) is 0.733. The number of halogens is 2. The van der Waals surface area contributed by atoms with Crippen molar-refractivity contribution in [1.82, 2.24) is 20.2 Å². The quantitative estimate of drug-likeness (QED) is 0.827. The van der Waals surface area contributed by atoms with Gasteiger partial charge in [0, 0.05) is 45.5 Å². The molecular formula is C15H27Cl2N5O. The number of piperazine rings is 1. The topological polar surface area (TPSA) is 64.5 Å². The first kappa shape index (κ1) is 20.4. The van der Waals surface area contributed by atoms with E-state index < -0.39 is 5.60 Å². The van der Waals surface area contributed by atoms with Gasteiger partial charge in [0.05, 0.1) is 17.0 Å². The van der Waals surface area contributed by atoms with Gasteiger partial charge in [0.1, 0.15) is 5.82 Å². The zero-order valence-electron chi connectivity index (χ0n) is 13.8. The number of aliphatic hydroxyl groups is 1. The molecule has 2 aliphatic rings. The average molecular weight is 364 g/mol. The minimum Gasteiger partial charge on any atom is -0.387 e. The smallest absolute Gasteiger partial charge is 0.150 e. The maximum Gasteiger partial charge on any atom is 0.150 e. The van der Waals surface area contributed by atoms with Crippen LogP contribution in [0.15, 0.2) is 6.20 Å². The van der Waals surface area contributed by atoms with Crippen molar-refractivity contribution in [2.45, 2.75) is 25.9 Å². The summed E-state index contributed by atoms with van der Waals surface area (Å²) in [6.07, 6.45) is 2.67. The van der Waals surface area contributed by atoms with Crippen LogP contribution in [0.4, 0.5) is 5.82 Å². The predicted octanol–water partition coefficient (Wildman–Crippen LogP) is 0.783. The average Bonchev–Trinajstić information content (AvgIpc) is 2.89. The van der Waals surface area contributed by atoms with Crippen LogP contribution >= 0.6 is 24.8 Å². The van der Waals surface area contributed by atoms with Crippen LogP contribution in [-0.2, 0) is 0 Å². The Morgan fingerprint density at radius 1 is 1.22 bits per heavy atom. The molecule has 2 fully saturated rings. The van der Waals surface area contributed by atoms with Gasteiger partial charge in [-0.3, -0.25) is 9.88 Å². The maximum absolute atomic E-state index is 10.5. The highest BCUT2D eigenvalue weighted by Crippen LogP contribution is 2.20. The number of rotatable bonds is 3. The summed E-state index contributed by atoms with van der Waals surface area (Å²) in [5.74, 6) is 1.01. The number of hydrogen-bond acceptors (Lipinski definition) is 6. The van der Waals surface area contributed by atoms with Crippen LogP contribution in [0.3, 0.4) is 0 Å². The molecule has 1 aromatic heterocycles. The van der Waals surface area contributed by atoms with E-state index in [1.54, 1.807) is 0 Å². The van der Waals surface area contributed by atoms with Crippen molar-refractivity contribution in [3.05, 3.63) is 17.6 Å². The molecule has 0 radical (unpaired) electrons. The summed E-state index contributed by atoms with van der Waals surface area (Å²) in [6.45, 7) is 10.2. The molecule has 0 aliphatic carbocycles. The summed E-state index contributed by atoms with van der Waals surface area (Å²) >= 11 is 0. The van der Waals surface area contributed by atoms with Gasteiger partial charge in [-0.25, -0.2) is 4.98 Å². The van der Waals surface area contributed by atoms with Crippen molar-refractivity contribution in [3.63, 3.8) is 0 Å². The summed E-state index contributed by atoms with van der Waals surface area (Å²) < 4.78 is 0. The third-order valence-corrected chi connectivity index (χ3v) is 4.46. The van der Waals surface area contributed by atoms with Gasteiger partial charge in [0.15, 0.2) is 0 Å². The Labute approximate surface area is 150 Å². The highest BCUT2D eigenvalue weighted by molar-refractivity contribution is 5.85. The number of aromatic nitrogens is 2. The molecule has 1 unspecified atom stereocenters. The van der Waals surface area contributed by atoms with Gasteiger partial charge in [-0.1, -0.05) is 0 Å². The van der Waals surface area contributed by atoms with Gasteiger partial charge in [-0.15, -0.1) is 24.8 Å². The third kappa shape index (κ3) is 4.90. The Morgan fingerprint density at radius 2 is 1.91 bits per heavy atom. The SMILES string of the molecule is Cc1cnc(C)c(N2CCN(CC3(O)CCNC3)CC2)n1.Cl.Cl. The third-order valence-electron chi connectivity index (χ3n) is 4.46. The van der Waals surface area contributed by atoms with Crippen LogP contribution in [-0.4, -0.2) is 71.4 Å². The Kier molecular flexibility index (Phi) is 7.48. The zero-order chi connectivity index (χ0) is 14.9. The minimum atomic E-state index is -0.540. The van der Waals surface area contributed by atoms with Gasteiger partial charge < -0.3 is 15.3 Å². The second-order valence-electron chi connectivity index (χ2n) is 6.33. The number of nitrogens with one attached hydrogen (secondary N) is 1. The lowest BCUT2D eigenvalue weighted by atomic mass is 10.0. The fourth-order valence-corrected chi connectivity index (χ4v) is 3.22. The molecule has 3 heterocycles. The molecule has 2 aliphatic heterocycles. The lowest BCUT2D eigenvalue weighted by Gasteiger charge is -2.38. The van der Waals surface area contributed by atoms with E-state index in [-0.39, 0.29) is 24.8 Å². The van der Waals surface area contributed by atoms with Gasteiger partial charge in [0.2, 0.25) is 0 Å². The molecule has 132 valence electrons. The molecule has 1 atom stereocenters. The van der Waals surface area contributed by atoms with Crippen LogP contribution in [0.2, 0.25) is 0 Å². The largest absolute Gasteiger partial charge is 0.387 e. The number of anilines is 1. The van der Waals surface area contributed by atoms with Gasteiger partial charge in [-0.05, 0) is 26.8 Å². The molecule has 0 bridgehead atoms. The molecule has 0 aromatic carbocycles. The zero-order valence-corrected chi connectivity index (χ0v) is 15.4.